The molecule has 100 valence electrons. The maximum atomic E-state index is 13.5. The quantitative estimate of drug-likeness (QED) is 0.650. The lowest BCUT2D eigenvalue weighted by molar-refractivity contribution is 0.103. The predicted octanol–water partition coefficient (Wildman–Crippen LogP) is 4.95. The van der Waals surface area contributed by atoms with Gasteiger partial charge in [-0.25, -0.2) is 4.39 Å². The number of halogens is 3. The Morgan fingerprint density at radius 3 is 2.70 bits per heavy atom. The Morgan fingerprint density at radius 2 is 1.90 bits per heavy atom. The van der Waals surface area contributed by atoms with Crippen molar-refractivity contribution in [3.05, 3.63) is 69.0 Å². The van der Waals surface area contributed by atoms with Crippen LogP contribution in [0.4, 0.5) is 4.39 Å². The van der Waals surface area contributed by atoms with Gasteiger partial charge in [0.15, 0.2) is 5.78 Å². The zero-order chi connectivity index (χ0) is 14.3. The van der Waals surface area contributed by atoms with Gasteiger partial charge in [-0.1, -0.05) is 23.7 Å². The maximum Gasteiger partial charge on any atom is 0.196 e. The van der Waals surface area contributed by atoms with Gasteiger partial charge in [0.2, 0.25) is 0 Å². The molecule has 0 saturated heterocycles. The second-order valence-corrected chi connectivity index (χ2v) is 5.50. The summed E-state index contributed by atoms with van der Waals surface area (Å²) in [5.41, 5.74) is 1.47. The van der Waals surface area contributed by atoms with Crippen molar-refractivity contribution < 1.29 is 9.18 Å². The molecule has 0 amide bonds. The SMILES string of the molecule is O=C(c1cccc(F)c1Br)c1c[nH]c2cccc(Cl)c12. The molecule has 5 heteroatoms. The largest absolute Gasteiger partial charge is 0.360 e. The third-order valence-corrected chi connectivity index (χ3v) is 4.22. The van der Waals surface area contributed by atoms with E-state index in [1.54, 1.807) is 24.4 Å². The number of carbonyl (C=O) groups excluding carboxylic acids is 1. The number of nitrogens with one attached hydrogen (secondary N) is 1. The molecule has 0 aliphatic rings. The summed E-state index contributed by atoms with van der Waals surface area (Å²) in [5.74, 6) is -0.752. The molecule has 0 radical (unpaired) electrons. The Bertz CT molecular complexity index is 828. The molecule has 1 aromatic heterocycles. The Balaban J connectivity index is 2.21. The van der Waals surface area contributed by atoms with E-state index in [2.05, 4.69) is 20.9 Å². The molecule has 0 saturated carbocycles. The average Bonchev–Trinajstić information content (AvgIpc) is 2.86. The highest BCUT2D eigenvalue weighted by atomic mass is 79.9. The third-order valence-electron chi connectivity index (χ3n) is 3.10. The number of fused-ring (bicyclic) bond motifs is 1. The predicted molar refractivity (Wildman–Crippen MR) is 80.8 cm³/mol. The van der Waals surface area contributed by atoms with Gasteiger partial charge in [0.25, 0.3) is 0 Å². The molecule has 0 unspecified atom stereocenters. The van der Waals surface area contributed by atoms with Crippen LogP contribution in [0.1, 0.15) is 15.9 Å². The molecule has 0 aliphatic heterocycles. The fourth-order valence-corrected chi connectivity index (χ4v) is 2.86. The highest BCUT2D eigenvalue weighted by Crippen LogP contribution is 2.30. The van der Waals surface area contributed by atoms with Gasteiger partial charge in [-0.15, -0.1) is 0 Å². The summed E-state index contributed by atoms with van der Waals surface area (Å²) < 4.78 is 13.7. The van der Waals surface area contributed by atoms with E-state index >= 15 is 0 Å². The minimum absolute atomic E-state index is 0.159. The molecule has 2 aromatic carbocycles. The molecule has 2 nitrogen and oxygen atoms in total. The molecule has 20 heavy (non-hydrogen) atoms. The highest BCUT2D eigenvalue weighted by molar-refractivity contribution is 9.10. The summed E-state index contributed by atoms with van der Waals surface area (Å²) in [6, 6.07) is 9.72. The summed E-state index contributed by atoms with van der Waals surface area (Å²) in [5, 5.41) is 1.13. The second-order valence-electron chi connectivity index (χ2n) is 4.30. The average molecular weight is 353 g/mol. The van der Waals surface area contributed by atoms with Crippen molar-refractivity contribution in [3.63, 3.8) is 0 Å². The lowest BCUT2D eigenvalue weighted by Crippen LogP contribution is -2.02. The van der Waals surface area contributed by atoms with Crippen LogP contribution in [0.25, 0.3) is 10.9 Å². The molecule has 0 spiro atoms. The number of hydrogen-bond donors (Lipinski definition) is 1. The van der Waals surface area contributed by atoms with E-state index in [0.29, 0.717) is 16.0 Å². The van der Waals surface area contributed by atoms with Crippen molar-refractivity contribution in [2.24, 2.45) is 0 Å². The Labute approximate surface area is 127 Å². The van der Waals surface area contributed by atoms with Crippen LogP contribution < -0.4 is 0 Å². The molecular formula is C15H8BrClFNO. The van der Waals surface area contributed by atoms with Gasteiger partial charge in [0, 0.05) is 28.2 Å². The molecule has 1 heterocycles. The van der Waals surface area contributed by atoms with Gasteiger partial charge in [-0.3, -0.25) is 4.79 Å². The number of aromatic nitrogens is 1. The second kappa shape index (κ2) is 5.04. The van der Waals surface area contributed by atoms with Crippen LogP contribution in [0, 0.1) is 5.82 Å². The normalized spacial score (nSPS) is 10.9. The number of ketones is 1. The molecule has 0 atom stereocenters. The fraction of sp³-hybridized carbons (Fsp3) is 0. The van der Waals surface area contributed by atoms with Crippen LogP contribution in [-0.2, 0) is 0 Å². The number of hydrogen-bond acceptors (Lipinski definition) is 1. The van der Waals surface area contributed by atoms with E-state index in [0.717, 1.165) is 5.52 Å². The number of carbonyl (C=O) groups is 1. The summed E-state index contributed by atoms with van der Waals surface area (Å²) >= 11 is 9.26. The molecule has 3 aromatic rings. The van der Waals surface area contributed by atoms with Crippen LogP contribution in [0.3, 0.4) is 0 Å². The first-order chi connectivity index (χ1) is 9.59. The molecule has 0 fully saturated rings. The highest BCUT2D eigenvalue weighted by Gasteiger charge is 2.19. The van der Waals surface area contributed by atoms with E-state index in [-0.39, 0.29) is 15.8 Å². The van der Waals surface area contributed by atoms with Gasteiger partial charge >= 0.3 is 0 Å². The summed E-state index contributed by atoms with van der Waals surface area (Å²) in [4.78, 5) is 15.6. The van der Waals surface area contributed by atoms with Gasteiger partial charge in [-0.05, 0) is 40.2 Å². The van der Waals surface area contributed by atoms with Crippen molar-refractivity contribution in [1.82, 2.24) is 4.98 Å². The first kappa shape index (κ1) is 13.3. The standard InChI is InChI=1S/C15H8BrClFNO/c16-14-8(3-1-5-11(14)18)15(20)9-7-19-12-6-2-4-10(17)13(9)12/h1-7,19H. The van der Waals surface area contributed by atoms with E-state index in [4.69, 9.17) is 11.6 Å². The maximum absolute atomic E-state index is 13.5. The molecule has 0 aliphatic carbocycles. The lowest BCUT2D eigenvalue weighted by Gasteiger charge is -2.04. The summed E-state index contributed by atoms with van der Waals surface area (Å²) in [6.45, 7) is 0. The van der Waals surface area contributed by atoms with Crippen molar-refractivity contribution in [2.75, 3.05) is 0 Å². The summed E-state index contributed by atoms with van der Waals surface area (Å²) in [7, 11) is 0. The molecule has 3 rings (SSSR count). The van der Waals surface area contributed by atoms with Gasteiger partial charge < -0.3 is 4.98 Å². The van der Waals surface area contributed by atoms with Crippen LogP contribution in [0.15, 0.2) is 47.1 Å². The van der Waals surface area contributed by atoms with Gasteiger partial charge in [-0.2, -0.15) is 0 Å². The van der Waals surface area contributed by atoms with Crippen molar-refractivity contribution >= 4 is 44.2 Å². The number of benzene rings is 2. The van der Waals surface area contributed by atoms with E-state index in [1.165, 1.54) is 12.1 Å². The smallest absolute Gasteiger partial charge is 0.196 e. The van der Waals surface area contributed by atoms with E-state index < -0.39 is 5.82 Å². The Hall–Kier alpha value is -1.65. The van der Waals surface area contributed by atoms with Crippen molar-refractivity contribution in [2.45, 2.75) is 0 Å². The topological polar surface area (TPSA) is 32.9 Å². The van der Waals surface area contributed by atoms with Crippen molar-refractivity contribution in [1.29, 1.82) is 0 Å². The first-order valence-corrected chi connectivity index (χ1v) is 7.01. The zero-order valence-electron chi connectivity index (χ0n) is 10.1. The summed E-state index contributed by atoms with van der Waals surface area (Å²) in [6.07, 6.45) is 1.59. The number of rotatable bonds is 2. The fourth-order valence-electron chi connectivity index (χ4n) is 2.14. The van der Waals surface area contributed by atoms with Crippen LogP contribution in [0.2, 0.25) is 5.02 Å². The molecule has 0 bridgehead atoms. The minimum Gasteiger partial charge on any atom is -0.360 e. The van der Waals surface area contributed by atoms with E-state index in [9.17, 15) is 9.18 Å². The number of H-pyrrole nitrogens is 1. The monoisotopic (exact) mass is 351 g/mol. The van der Waals surface area contributed by atoms with E-state index in [1.807, 2.05) is 6.07 Å². The molecule has 1 N–H and O–H groups in total. The first-order valence-electron chi connectivity index (χ1n) is 5.84. The Kier molecular flexibility index (Phi) is 3.36. The van der Waals surface area contributed by atoms with Gasteiger partial charge in [0.05, 0.1) is 9.50 Å². The molecular weight excluding hydrogens is 345 g/mol. The third kappa shape index (κ3) is 2.05. The van der Waals surface area contributed by atoms with Crippen LogP contribution in [-0.4, -0.2) is 10.8 Å². The Morgan fingerprint density at radius 1 is 1.15 bits per heavy atom. The van der Waals surface area contributed by atoms with Crippen LogP contribution >= 0.6 is 27.5 Å². The van der Waals surface area contributed by atoms with Crippen LogP contribution in [0.5, 0.6) is 0 Å². The minimum atomic E-state index is -0.471. The van der Waals surface area contributed by atoms with Crippen molar-refractivity contribution in [3.8, 4) is 0 Å². The number of aromatic amines is 1. The van der Waals surface area contributed by atoms with Gasteiger partial charge in [0.1, 0.15) is 5.82 Å². The zero-order valence-corrected chi connectivity index (χ0v) is 12.4. The lowest BCUT2D eigenvalue weighted by atomic mass is 10.0.